The minimum atomic E-state index is -0.753. The van der Waals surface area contributed by atoms with E-state index in [9.17, 15) is 19.5 Å². The van der Waals surface area contributed by atoms with Gasteiger partial charge in [-0.2, -0.15) is 0 Å². The Bertz CT molecular complexity index is 958. The van der Waals surface area contributed by atoms with Crippen molar-refractivity contribution in [3.05, 3.63) is 11.9 Å². The van der Waals surface area contributed by atoms with Crippen LogP contribution in [-0.2, 0) is 14.4 Å². The molecule has 3 N–H and O–H groups in total. The van der Waals surface area contributed by atoms with Gasteiger partial charge in [0.1, 0.15) is 12.1 Å². The van der Waals surface area contributed by atoms with Gasteiger partial charge in [-0.25, -0.2) is 4.68 Å². The van der Waals surface area contributed by atoms with Crippen LogP contribution in [0.15, 0.2) is 6.20 Å². The Labute approximate surface area is 193 Å². The zero-order valence-corrected chi connectivity index (χ0v) is 19.6. The summed E-state index contributed by atoms with van der Waals surface area (Å²) in [7, 11) is 0. The number of aromatic nitrogens is 3. The second-order valence-corrected chi connectivity index (χ2v) is 11.5. The fourth-order valence-electron chi connectivity index (χ4n) is 5.71. The summed E-state index contributed by atoms with van der Waals surface area (Å²) in [4.78, 5) is 40.5. The molecule has 2 aliphatic heterocycles. The second-order valence-electron chi connectivity index (χ2n) is 11.5. The molecule has 33 heavy (non-hydrogen) atoms. The van der Waals surface area contributed by atoms with Crippen LogP contribution in [0.4, 0.5) is 0 Å². The molecule has 1 aromatic heterocycles. The van der Waals surface area contributed by atoms with Crippen LogP contribution >= 0.6 is 0 Å². The topological polar surface area (TPSA) is 129 Å². The molecule has 4 fully saturated rings. The highest BCUT2D eigenvalue weighted by Crippen LogP contribution is 2.46. The summed E-state index contributed by atoms with van der Waals surface area (Å²) in [6.45, 7) is 6.71. The molecule has 0 bridgehead atoms. The monoisotopic (exact) mass is 458 g/mol. The molecule has 10 heteroatoms. The number of carbonyl (C=O) groups is 3. The van der Waals surface area contributed by atoms with E-state index in [-0.39, 0.29) is 42.1 Å². The number of amides is 3. The van der Waals surface area contributed by atoms with Crippen molar-refractivity contribution in [3.8, 4) is 0 Å². The lowest BCUT2D eigenvalue weighted by Crippen LogP contribution is -2.57. The molecule has 2 saturated heterocycles. The van der Waals surface area contributed by atoms with E-state index in [1.54, 1.807) is 4.68 Å². The molecule has 0 radical (unpaired) electrons. The Kier molecular flexibility index (Phi) is 5.26. The molecule has 1 aromatic rings. The first-order valence-electron chi connectivity index (χ1n) is 12.1. The normalized spacial score (nSPS) is 32.5. The van der Waals surface area contributed by atoms with Crippen LogP contribution in [0.5, 0.6) is 0 Å². The fourth-order valence-corrected chi connectivity index (χ4v) is 5.71. The first kappa shape index (κ1) is 22.3. The van der Waals surface area contributed by atoms with E-state index in [1.807, 2.05) is 27.0 Å². The summed E-state index contributed by atoms with van der Waals surface area (Å²) in [5.74, 6) is 0.0107. The largest absolute Gasteiger partial charge is 0.391 e. The first-order valence-corrected chi connectivity index (χ1v) is 12.1. The van der Waals surface area contributed by atoms with E-state index < -0.39 is 23.6 Å². The van der Waals surface area contributed by atoms with Crippen molar-refractivity contribution >= 4 is 17.7 Å². The van der Waals surface area contributed by atoms with Crippen molar-refractivity contribution in [1.82, 2.24) is 30.5 Å². The fraction of sp³-hybridized carbons (Fsp3) is 0.783. The van der Waals surface area contributed by atoms with Gasteiger partial charge >= 0.3 is 0 Å². The molecule has 4 aliphatic rings. The lowest BCUT2D eigenvalue weighted by Gasteiger charge is -2.43. The van der Waals surface area contributed by atoms with Crippen molar-refractivity contribution < 1.29 is 19.5 Å². The third kappa shape index (κ3) is 4.02. The summed E-state index contributed by atoms with van der Waals surface area (Å²) in [5.41, 5.74) is 0.102. The van der Waals surface area contributed by atoms with Gasteiger partial charge in [0, 0.05) is 37.7 Å². The average Bonchev–Trinajstić information content (AvgIpc) is 3.11. The Morgan fingerprint density at radius 1 is 1.30 bits per heavy atom. The van der Waals surface area contributed by atoms with Gasteiger partial charge < -0.3 is 20.6 Å². The van der Waals surface area contributed by atoms with Gasteiger partial charge in [0.25, 0.3) is 0 Å². The number of carbonyl (C=O) groups excluding carboxylic acids is 3. The molecule has 3 amide bonds. The zero-order chi connectivity index (χ0) is 23.5. The number of nitrogens with one attached hydrogen (secondary N) is 2. The van der Waals surface area contributed by atoms with Crippen LogP contribution in [0.3, 0.4) is 0 Å². The molecular weight excluding hydrogens is 424 g/mol. The van der Waals surface area contributed by atoms with Crippen molar-refractivity contribution in [1.29, 1.82) is 0 Å². The lowest BCUT2D eigenvalue weighted by atomic mass is 9.64. The maximum Gasteiger partial charge on any atom is 0.248 e. The number of aliphatic hydroxyl groups excluding tert-OH is 1. The van der Waals surface area contributed by atoms with Crippen LogP contribution in [0.25, 0.3) is 0 Å². The van der Waals surface area contributed by atoms with Gasteiger partial charge in [0.15, 0.2) is 0 Å². The van der Waals surface area contributed by atoms with E-state index in [1.165, 1.54) is 4.90 Å². The highest BCUT2D eigenvalue weighted by Gasteiger charge is 2.53. The van der Waals surface area contributed by atoms with Crippen molar-refractivity contribution in [3.63, 3.8) is 0 Å². The maximum absolute atomic E-state index is 13.8. The van der Waals surface area contributed by atoms with E-state index >= 15 is 0 Å². The van der Waals surface area contributed by atoms with Gasteiger partial charge in [0.2, 0.25) is 17.7 Å². The minimum Gasteiger partial charge on any atom is -0.391 e. The summed E-state index contributed by atoms with van der Waals surface area (Å²) in [5, 5.41) is 24.8. The van der Waals surface area contributed by atoms with Gasteiger partial charge in [-0.3, -0.25) is 14.4 Å². The van der Waals surface area contributed by atoms with E-state index in [0.29, 0.717) is 25.3 Å². The predicted molar refractivity (Wildman–Crippen MR) is 118 cm³/mol. The minimum absolute atomic E-state index is 0.0764. The summed E-state index contributed by atoms with van der Waals surface area (Å²) < 4.78 is 1.63. The number of hydrogen-bond acceptors (Lipinski definition) is 6. The smallest absolute Gasteiger partial charge is 0.248 e. The lowest BCUT2D eigenvalue weighted by molar-refractivity contribution is -0.145. The Hall–Kier alpha value is -2.49. The molecule has 2 aliphatic carbocycles. The zero-order valence-electron chi connectivity index (χ0n) is 19.6. The Balaban J connectivity index is 1.30. The molecular formula is C23H34N6O4. The summed E-state index contributed by atoms with van der Waals surface area (Å²) >= 11 is 0. The van der Waals surface area contributed by atoms with Crippen LogP contribution in [0, 0.1) is 10.8 Å². The highest BCUT2D eigenvalue weighted by molar-refractivity contribution is 5.91. The SMILES string of the molecule is CC(C)(C)[C@H](C(=O)N1CC(O)CC1C(=O)NC1CC2(CCNC2=O)C1)n1cc(C2CC2)nn1. The number of aliphatic hydroxyl groups is 1. The molecule has 10 nitrogen and oxygen atoms in total. The molecule has 5 rings (SSSR count). The number of likely N-dealkylation sites (tertiary alicyclic amines) is 1. The van der Waals surface area contributed by atoms with Gasteiger partial charge in [-0.15, -0.1) is 5.10 Å². The van der Waals surface area contributed by atoms with E-state index in [2.05, 4.69) is 20.9 Å². The predicted octanol–water partition coefficient (Wildman–Crippen LogP) is 0.489. The van der Waals surface area contributed by atoms with Gasteiger partial charge in [-0.05, 0) is 37.5 Å². The molecule has 2 unspecified atom stereocenters. The van der Waals surface area contributed by atoms with Crippen LogP contribution in [-0.4, -0.2) is 74.0 Å². The van der Waals surface area contributed by atoms with Gasteiger partial charge in [-0.1, -0.05) is 26.0 Å². The standard InChI is InChI=1S/C23H34N6O4/c1-22(2,3)18(29-12-16(26-27-29)13-4-5-13)20(32)28-11-15(30)8-17(28)19(31)25-14-9-23(10-14)6-7-24-21(23)33/h12-15,17-18,30H,4-11H2,1-3H3,(H,24,33)(H,25,31)/t14?,15?,17?,18-,23?/m0/s1. The second kappa shape index (κ2) is 7.78. The third-order valence-electron chi connectivity index (χ3n) is 7.70. The summed E-state index contributed by atoms with van der Waals surface area (Å²) in [6, 6.07) is -1.45. The molecule has 2 saturated carbocycles. The first-order chi connectivity index (χ1) is 15.6. The Morgan fingerprint density at radius 3 is 2.64 bits per heavy atom. The molecule has 1 spiro atoms. The molecule has 0 aromatic carbocycles. The molecule has 180 valence electrons. The third-order valence-corrected chi connectivity index (χ3v) is 7.70. The van der Waals surface area contributed by atoms with Crippen molar-refractivity contribution in [2.45, 2.75) is 89.4 Å². The number of β-amino-alcohol motifs (C(OH)–C–C–N with tert-alkyl or cyclic N) is 1. The molecule has 3 heterocycles. The van der Waals surface area contributed by atoms with Gasteiger partial charge in [0.05, 0.1) is 17.2 Å². The van der Waals surface area contributed by atoms with E-state index in [0.717, 1.165) is 25.0 Å². The van der Waals surface area contributed by atoms with Crippen LogP contribution in [0.1, 0.15) is 76.9 Å². The maximum atomic E-state index is 13.8. The van der Waals surface area contributed by atoms with E-state index in [4.69, 9.17) is 0 Å². The molecule has 3 atom stereocenters. The number of rotatable bonds is 5. The summed E-state index contributed by atoms with van der Waals surface area (Å²) in [6.07, 6.45) is 5.55. The van der Waals surface area contributed by atoms with Crippen molar-refractivity contribution in [2.24, 2.45) is 10.8 Å². The van der Waals surface area contributed by atoms with Crippen LogP contribution < -0.4 is 10.6 Å². The highest BCUT2D eigenvalue weighted by atomic mass is 16.3. The number of nitrogens with zero attached hydrogens (tertiary/aromatic N) is 4. The number of hydrogen-bond donors (Lipinski definition) is 3. The van der Waals surface area contributed by atoms with Crippen LogP contribution in [0.2, 0.25) is 0 Å². The van der Waals surface area contributed by atoms with Crippen molar-refractivity contribution in [2.75, 3.05) is 13.1 Å². The Morgan fingerprint density at radius 2 is 2.03 bits per heavy atom. The average molecular weight is 459 g/mol. The quantitative estimate of drug-likeness (QED) is 0.589.